The van der Waals surface area contributed by atoms with Crippen molar-refractivity contribution in [2.75, 3.05) is 5.73 Å². The minimum absolute atomic E-state index is 0.0440. The van der Waals surface area contributed by atoms with Crippen LogP contribution in [0.3, 0.4) is 0 Å². The van der Waals surface area contributed by atoms with Gasteiger partial charge in [-0.25, -0.2) is 14.3 Å². The van der Waals surface area contributed by atoms with E-state index < -0.39 is 24.5 Å². The van der Waals surface area contributed by atoms with Crippen LogP contribution in [0.1, 0.15) is 39.3 Å². The van der Waals surface area contributed by atoms with Crippen LogP contribution in [0.25, 0.3) is 11.2 Å². The zero-order chi connectivity index (χ0) is 17.4. The van der Waals surface area contributed by atoms with Crippen LogP contribution in [-0.4, -0.2) is 47.6 Å². The molecule has 1 fully saturated rings. The first-order valence-corrected chi connectivity index (χ1v) is 8.22. The summed E-state index contributed by atoms with van der Waals surface area (Å²) in [4.78, 5) is 21.0. The van der Waals surface area contributed by atoms with Gasteiger partial charge in [0, 0.05) is 13.0 Å². The van der Waals surface area contributed by atoms with E-state index >= 15 is 0 Å². The molecule has 0 saturated carbocycles. The van der Waals surface area contributed by atoms with Crippen molar-refractivity contribution in [2.24, 2.45) is 0 Å². The van der Waals surface area contributed by atoms with E-state index in [0.29, 0.717) is 24.1 Å². The van der Waals surface area contributed by atoms with Crippen molar-refractivity contribution in [3.05, 3.63) is 16.7 Å². The normalized spacial score (nSPS) is 25.4. The first-order valence-electron chi connectivity index (χ1n) is 8.22. The zero-order valence-corrected chi connectivity index (χ0v) is 13.8. The van der Waals surface area contributed by atoms with Gasteiger partial charge in [-0.05, 0) is 12.8 Å². The van der Waals surface area contributed by atoms with Crippen molar-refractivity contribution in [3.8, 4) is 0 Å². The fourth-order valence-electron chi connectivity index (χ4n) is 3.16. The highest BCUT2D eigenvalue weighted by Gasteiger charge is 2.40. The molecule has 1 unspecified atom stereocenters. The molecule has 132 valence electrons. The number of fused-ring (bicyclic) bond motifs is 1. The Morgan fingerprint density at radius 3 is 2.92 bits per heavy atom. The summed E-state index contributed by atoms with van der Waals surface area (Å²) in [5, 5.41) is 20.4. The summed E-state index contributed by atoms with van der Waals surface area (Å²) in [5.74, 6) is 0.0440. The molecule has 9 heteroatoms. The Labute approximate surface area is 138 Å². The number of rotatable bonds is 5. The van der Waals surface area contributed by atoms with Gasteiger partial charge in [-0.15, -0.1) is 0 Å². The molecule has 4 N–H and O–H groups in total. The Morgan fingerprint density at radius 2 is 2.25 bits per heavy atom. The molecule has 0 bridgehead atoms. The molecule has 0 aromatic carbocycles. The van der Waals surface area contributed by atoms with Gasteiger partial charge in [0.2, 0.25) is 5.95 Å². The van der Waals surface area contributed by atoms with E-state index in [1.54, 1.807) is 4.57 Å². The Balaban J connectivity index is 2.10. The molecule has 0 radical (unpaired) electrons. The predicted molar refractivity (Wildman–Crippen MR) is 87.3 cm³/mol. The van der Waals surface area contributed by atoms with E-state index in [2.05, 4.69) is 9.97 Å². The largest absolute Gasteiger partial charge is 0.390 e. The molecule has 3 rings (SSSR count). The summed E-state index contributed by atoms with van der Waals surface area (Å²) >= 11 is 0. The molecule has 0 aliphatic carbocycles. The molecule has 24 heavy (non-hydrogen) atoms. The summed E-state index contributed by atoms with van der Waals surface area (Å²) in [6, 6.07) is 0. The van der Waals surface area contributed by atoms with Gasteiger partial charge in [-0.3, -0.25) is 4.57 Å². The monoisotopic (exact) mass is 337 g/mol. The number of aryl methyl sites for hydroxylation is 1. The number of aliphatic hydroxyl groups is 2. The van der Waals surface area contributed by atoms with Crippen LogP contribution < -0.4 is 11.4 Å². The molecule has 1 aliphatic rings. The van der Waals surface area contributed by atoms with Crippen LogP contribution in [0.15, 0.2) is 11.0 Å². The zero-order valence-electron chi connectivity index (χ0n) is 13.8. The third-order valence-corrected chi connectivity index (χ3v) is 4.39. The average molecular weight is 337 g/mol. The van der Waals surface area contributed by atoms with Crippen molar-refractivity contribution in [1.29, 1.82) is 0 Å². The summed E-state index contributed by atoms with van der Waals surface area (Å²) in [6.45, 7) is 4.29. The number of ether oxygens (including phenoxy) is 1. The molecular weight excluding hydrogens is 314 g/mol. The fraction of sp³-hybridized carbons (Fsp3) is 0.667. The van der Waals surface area contributed by atoms with Crippen molar-refractivity contribution >= 4 is 17.1 Å². The number of hydrogen-bond acceptors (Lipinski definition) is 7. The van der Waals surface area contributed by atoms with Gasteiger partial charge in [0.15, 0.2) is 11.9 Å². The number of aromatic nitrogens is 4. The summed E-state index contributed by atoms with van der Waals surface area (Å²) in [5.41, 5.74) is 6.21. The summed E-state index contributed by atoms with van der Waals surface area (Å²) < 4.78 is 8.65. The minimum atomic E-state index is -0.911. The number of nitrogens with two attached hydrogens (primary N) is 1. The maximum atomic E-state index is 12.8. The quantitative estimate of drug-likeness (QED) is 0.700. The SMILES string of the molecule is CCCn1c(=O)n([C@@H]2O[C@H](C(O)CC)C[C@H]2O)c2nc(N)ncc21. The standard InChI is InChI=1S/C15H23N5O4/c1-3-5-19-8-7-17-14(16)18-12(8)20(15(19)23)13-10(22)6-11(24-13)9(21)4-2/h7,9-11,13,21-22H,3-6H2,1-2H3,(H2,16,17,18)/t9?,10-,11+,13-/m1/s1. The van der Waals surface area contributed by atoms with Crippen molar-refractivity contribution in [2.45, 2.75) is 64.2 Å². The molecule has 4 atom stereocenters. The second kappa shape index (κ2) is 6.50. The van der Waals surface area contributed by atoms with Gasteiger partial charge in [0.25, 0.3) is 0 Å². The van der Waals surface area contributed by atoms with E-state index in [4.69, 9.17) is 10.5 Å². The van der Waals surface area contributed by atoms with Crippen LogP contribution in [0.5, 0.6) is 0 Å². The maximum Gasteiger partial charge on any atom is 0.332 e. The number of nitrogens with zero attached hydrogens (tertiary/aromatic N) is 4. The summed E-state index contributed by atoms with van der Waals surface area (Å²) in [6.07, 6.45) is -0.00242. The van der Waals surface area contributed by atoms with E-state index in [-0.39, 0.29) is 18.1 Å². The Bertz CT molecular complexity index is 786. The molecule has 9 nitrogen and oxygen atoms in total. The lowest BCUT2D eigenvalue weighted by molar-refractivity contribution is -0.0760. The molecule has 0 amide bonds. The van der Waals surface area contributed by atoms with Gasteiger partial charge in [-0.2, -0.15) is 4.98 Å². The van der Waals surface area contributed by atoms with Gasteiger partial charge < -0.3 is 20.7 Å². The van der Waals surface area contributed by atoms with Crippen LogP contribution in [0, 0.1) is 0 Å². The van der Waals surface area contributed by atoms with Gasteiger partial charge in [0.1, 0.15) is 11.6 Å². The predicted octanol–water partition coefficient (Wildman–Crippen LogP) is 0.00450. The number of anilines is 1. The van der Waals surface area contributed by atoms with Crippen LogP contribution in [0.4, 0.5) is 5.95 Å². The lowest BCUT2D eigenvalue weighted by Crippen LogP contribution is -2.32. The third-order valence-electron chi connectivity index (χ3n) is 4.39. The average Bonchev–Trinajstić information content (AvgIpc) is 3.05. The Hall–Kier alpha value is -1.97. The lowest BCUT2D eigenvalue weighted by Gasteiger charge is -2.18. The van der Waals surface area contributed by atoms with Crippen LogP contribution >= 0.6 is 0 Å². The number of hydrogen-bond donors (Lipinski definition) is 3. The summed E-state index contributed by atoms with van der Waals surface area (Å²) in [7, 11) is 0. The second-order valence-corrected chi connectivity index (χ2v) is 6.09. The highest BCUT2D eigenvalue weighted by molar-refractivity contribution is 5.71. The van der Waals surface area contributed by atoms with Gasteiger partial charge >= 0.3 is 5.69 Å². The van der Waals surface area contributed by atoms with Crippen molar-refractivity contribution < 1.29 is 14.9 Å². The highest BCUT2D eigenvalue weighted by atomic mass is 16.5. The van der Waals surface area contributed by atoms with E-state index in [1.807, 2.05) is 13.8 Å². The molecule has 3 heterocycles. The van der Waals surface area contributed by atoms with Gasteiger partial charge in [0.05, 0.1) is 18.4 Å². The Kier molecular flexibility index (Phi) is 4.57. The second-order valence-electron chi connectivity index (χ2n) is 6.09. The van der Waals surface area contributed by atoms with E-state index in [1.165, 1.54) is 10.8 Å². The number of nitrogen functional groups attached to an aromatic ring is 1. The topological polar surface area (TPSA) is 128 Å². The van der Waals surface area contributed by atoms with Crippen molar-refractivity contribution in [3.63, 3.8) is 0 Å². The molecule has 2 aromatic rings. The molecule has 1 saturated heterocycles. The molecule has 1 aliphatic heterocycles. The molecular formula is C15H23N5O4. The third kappa shape index (κ3) is 2.68. The number of aliphatic hydroxyl groups excluding tert-OH is 2. The highest BCUT2D eigenvalue weighted by Crippen LogP contribution is 2.32. The number of imidazole rings is 1. The minimum Gasteiger partial charge on any atom is -0.390 e. The maximum absolute atomic E-state index is 12.8. The lowest BCUT2D eigenvalue weighted by atomic mass is 10.1. The first kappa shape index (κ1) is 16.9. The van der Waals surface area contributed by atoms with E-state index in [0.717, 1.165) is 6.42 Å². The Morgan fingerprint density at radius 1 is 1.50 bits per heavy atom. The van der Waals surface area contributed by atoms with Crippen LogP contribution in [-0.2, 0) is 11.3 Å². The smallest absolute Gasteiger partial charge is 0.332 e. The fourth-order valence-corrected chi connectivity index (χ4v) is 3.16. The molecule has 2 aromatic heterocycles. The molecule has 0 spiro atoms. The van der Waals surface area contributed by atoms with Crippen LogP contribution in [0.2, 0.25) is 0 Å². The van der Waals surface area contributed by atoms with Gasteiger partial charge in [-0.1, -0.05) is 13.8 Å². The van der Waals surface area contributed by atoms with Crippen molar-refractivity contribution in [1.82, 2.24) is 19.1 Å². The first-order chi connectivity index (χ1) is 11.5. The van der Waals surface area contributed by atoms with E-state index in [9.17, 15) is 15.0 Å².